The van der Waals surface area contributed by atoms with Gasteiger partial charge in [0.05, 0.1) is 5.71 Å². The lowest BCUT2D eigenvalue weighted by molar-refractivity contribution is -0.115. The summed E-state index contributed by atoms with van der Waals surface area (Å²) in [5.41, 5.74) is 0.547. The van der Waals surface area contributed by atoms with Crippen LogP contribution < -0.4 is 10.6 Å². The molecule has 1 atom stereocenters. The number of piperidine rings is 1. The Morgan fingerprint density at radius 3 is 2.92 bits per heavy atom. The van der Waals surface area contributed by atoms with Crippen LogP contribution in [0.3, 0.4) is 0 Å². The van der Waals surface area contributed by atoms with Crippen LogP contribution in [0, 0.1) is 0 Å². The fourth-order valence-corrected chi connectivity index (χ4v) is 1.37. The first-order valence-corrected chi connectivity index (χ1v) is 4.69. The lowest BCUT2D eigenvalue weighted by atomic mass is 10.1. The van der Waals surface area contributed by atoms with Gasteiger partial charge in [0, 0.05) is 19.6 Å². The average molecular weight is 183 g/mol. The summed E-state index contributed by atoms with van der Waals surface area (Å²) in [6.45, 7) is 3.67. The molecule has 1 saturated heterocycles. The summed E-state index contributed by atoms with van der Waals surface area (Å²) in [5, 5.41) is 6.18. The molecule has 4 heteroatoms. The van der Waals surface area contributed by atoms with Crippen LogP contribution in [0.25, 0.3) is 0 Å². The lowest BCUT2D eigenvalue weighted by Crippen LogP contribution is -2.47. The van der Waals surface area contributed by atoms with Crippen molar-refractivity contribution in [3.8, 4) is 0 Å². The maximum absolute atomic E-state index is 11.4. The third-order valence-corrected chi connectivity index (χ3v) is 2.30. The highest BCUT2D eigenvalue weighted by atomic mass is 16.1. The maximum Gasteiger partial charge on any atom is 0.265 e. The van der Waals surface area contributed by atoms with Crippen molar-refractivity contribution in [1.82, 2.24) is 10.6 Å². The Morgan fingerprint density at radius 1 is 1.62 bits per heavy atom. The van der Waals surface area contributed by atoms with E-state index < -0.39 is 0 Å². The van der Waals surface area contributed by atoms with E-state index in [4.69, 9.17) is 0 Å². The third-order valence-electron chi connectivity index (χ3n) is 2.30. The summed E-state index contributed by atoms with van der Waals surface area (Å²) in [5.74, 6) is -0.0452. The van der Waals surface area contributed by atoms with Gasteiger partial charge in [-0.3, -0.25) is 9.79 Å². The first-order chi connectivity index (χ1) is 6.24. The molecule has 0 spiro atoms. The van der Waals surface area contributed by atoms with Crippen LogP contribution in [-0.4, -0.2) is 37.8 Å². The lowest BCUT2D eigenvalue weighted by Gasteiger charge is -2.23. The molecule has 0 aromatic rings. The molecule has 1 rings (SSSR count). The number of aliphatic imine (C=N–C) groups is 1. The van der Waals surface area contributed by atoms with E-state index in [9.17, 15) is 4.79 Å². The summed E-state index contributed by atoms with van der Waals surface area (Å²) in [4.78, 5) is 15.2. The standard InChI is InChI=1S/C9H17N3O/c1-7(10-2)9(13)12-8-4-3-5-11-6-8/h8,11H,3-6H2,1-2H3,(H,12,13)/t8-/m0/s1. The van der Waals surface area contributed by atoms with Gasteiger partial charge in [0.2, 0.25) is 0 Å². The molecule has 0 radical (unpaired) electrons. The highest BCUT2D eigenvalue weighted by molar-refractivity contribution is 6.37. The Labute approximate surface area is 78.8 Å². The van der Waals surface area contributed by atoms with Crippen molar-refractivity contribution in [3.05, 3.63) is 0 Å². The van der Waals surface area contributed by atoms with Crippen LogP contribution in [0.4, 0.5) is 0 Å². The van der Waals surface area contributed by atoms with E-state index >= 15 is 0 Å². The fourth-order valence-electron chi connectivity index (χ4n) is 1.37. The Morgan fingerprint density at radius 2 is 2.38 bits per heavy atom. The van der Waals surface area contributed by atoms with E-state index in [-0.39, 0.29) is 11.9 Å². The van der Waals surface area contributed by atoms with E-state index in [2.05, 4.69) is 15.6 Å². The Kier molecular flexibility index (Phi) is 3.89. The predicted molar refractivity (Wildman–Crippen MR) is 53.1 cm³/mol. The monoisotopic (exact) mass is 183 g/mol. The smallest absolute Gasteiger partial charge is 0.265 e. The summed E-state index contributed by atoms with van der Waals surface area (Å²) in [6.07, 6.45) is 2.20. The van der Waals surface area contributed by atoms with Gasteiger partial charge in [-0.25, -0.2) is 0 Å². The van der Waals surface area contributed by atoms with Gasteiger partial charge in [-0.05, 0) is 26.3 Å². The molecule has 0 saturated carbocycles. The van der Waals surface area contributed by atoms with E-state index in [0.717, 1.165) is 25.9 Å². The number of hydrogen-bond acceptors (Lipinski definition) is 3. The van der Waals surface area contributed by atoms with Crippen molar-refractivity contribution in [1.29, 1.82) is 0 Å². The highest BCUT2D eigenvalue weighted by Crippen LogP contribution is 2.00. The molecule has 13 heavy (non-hydrogen) atoms. The van der Waals surface area contributed by atoms with E-state index in [1.807, 2.05) is 0 Å². The second kappa shape index (κ2) is 4.97. The normalized spacial score (nSPS) is 24.2. The maximum atomic E-state index is 11.4. The van der Waals surface area contributed by atoms with Gasteiger partial charge in [0.1, 0.15) is 0 Å². The topological polar surface area (TPSA) is 53.5 Å². The van der Waals surface area contributed by atoms with Gasteiger partial charge in [-0.2, -0.15) is 0 Å². The van der Waals surface area contributed by atoms with Crippen molar-refractivity contribution >= 4 is 11.6 Å². The fraction of sp³-hybridized carbons (Fsp3) is 0.778. The first-order valence-electron chi connectivity index (χ1n) is 4.69. The van der Waals surface area contributed by atoms with Crippen molar-refractivity contribution in [2.24, 2.45) is 4.99 Å². The molecule has 1 aliphatic rings. The minimum atomic E-state index is -0.0452. The molecule has 4 nitrogen and oxygen atoms in total. The SMILES string of the molecule is CN=C(C)C(=O)N[C@H]1CCCNC1. The molecule has 0 unspecified atom stereocenters. The molecule has 1 aliphatic heterocycles. The van der Waals surface area contributed by atoms with Crippen LogP contribution in [0.5, 0.6) is 0 Å². The molecule has 2 N–H and O–H groups in total. The van der Waals surface area contributed by atoms with Crippen LogP contribution in [0.15, 0.2) is 4.99 Å². The molecule has 1 heterocycles. The number of carbonyl (C=O) groups excluding carboxylic acids is 1. The van der Waals surface area contributed by atoms with E-state index in [0.29, 0.717) is 5.71 Å². The van der Waals surface area contributed by atoms with Crippen LogP contribution in [0.2, 0.25) is 0 Å². The third kappa shape index (κ3) is 3.14. The molecule has 0 aromatic carbocycles. The van der Waals surface area contributed by atoms with Gasteiger partial charge in [0.15, 0.2) is 0 Å². The second-order valence-electron chi connectivity index (χ2n) is 3.33. The van der Waals surface area contributed by atoms with E-state index in [1.165, 1.54) is 0 Å². The van der Waals surface area contributed by atoms with Gasteiger partial charge in [-0.1, -0.05) is 0 Å². The largest absolute Gasteiger partial charge is 0.347 e. The van der Waals surface area contributed by atoms with Crippen molar-refractivity contribution in [2.45, 2.75) is 25.8 Å². The predicted octanol–water partition coefficient (Wildman–Crippen LogP) is -0.0547. The molecular weight excluding hydrogens is 166 g/mol. The number of rotatable bonds is 2. The quantitative estimate of drug-likeness (QED) is 0.589. The van der Waals surface area contributed by atoms with Gasteiger partial charge >= 0.3 is 0 Å². The van der Waals surface area contributed by atoms with Crippen molar-refractivity contribution < 1.29 is 4.79 Å². The number of nitrogens with zero attached hydrogens (tertiary/aromatic N) is 1. The number of carbonyl (C=O) groups is 1. The Hall–Kier alpha value is -0.900. The Balaban J connectivity index is 2.34. The molecule has 1 fully saturated rings. The summed E-state index contributed by atoms with van der Waals surface area (Å²) in [7, 11) is 1.63. The minimum Gasteiger partial charge on any atom is -0.347 e. The zero-order chi connectivity index (χ0) is 9.68. The number of nitrogens with one attached hydrogen (secondary N) is 2. The van der Waals surface area contributed by atoms with Crippen molar-refractivity contribution in [2.75, 3.05) is 20.1 Å². The number of amides is 1. The number of hydrogen-bond donors (Lipinski definition) is 2. The molecular formula is C9H17N3O. The highest BCUT2D eigenvalue weighted by Gasteiger charge is 2.15. The molecule has 0 aliphatic carbocycles. The second-order valence-corrected chi connectivity index (χ2v) is 3.33. The Bertz CT molecular complexity index is 207. The van der Waals surface area contributed by atoms with Crippen LogP contribution >= 0.6 is 0 Å². The molecule has 74 valence electrons. The van der Waals surface area contributed by atoms with E-state index in [1.54, 1.807) is 14.0 Å². The summed E-state index contributed by atoms with van der Waals surface area (Å²) >= 11 is 0. The minimum absolute atomic E-state index is 0.0452. The molecule has 1 amide bonds. The molecule has 0 bridgehead atoms. The van der Waals surface area contributed by atoms with Gasteiger partial charge < -0.3 is 10.6 Å². The summed E-state index contributed by atoms with van der Waals surface area (Å²) < 4.78 is 0. The molecule has 0 aromatic heterocycles. The summed E-state index contributed by atoms with van der Waals surface area (Å²) in [6, 6.07) is 0.276. The van der Waals surface area contributed by atoms with Crippen molar-refractivity contribution in [3.63, 3.8) is 0 Å². The van der Waals surface area contributed by atoms with Crippen LogP contribution in [-0.2, 0) is 4.79 Å². The van der Waals surface area contributed by atoms with Gasteiger partial charge in [-0.15, -0.1) is 0 Å². The first kappa shape index (κ1) is 10.2. The zero-order valence-electron chi connectivity index (χ0n) is 8.26. The zero-order valence-corrected chi connectivity index (χ0v) is 8.26. The van der Waals surface area contributed by atoms with Crippen LogP contribution in [0.1, 0.15) is 19.8 Å². The average Bonchev–Trinajstić information content (AvgIpc) is 2.18. The van der Waals surface area contributed by atoms with Gasteiger partial charge in [0.25, 0.3) is 5.91 Å².